The summed E-state index contributed by atoms with van der Waals surface area (Å²) in [5.74, 6) is 0.990. The SMILES string of the molecule is CCOc1cc(Br)cc(C=Nn2c(-c3ccccc3)n[nH]c2=S)c1O. The van der Waals surface area contributed by atoms with Crippen LogP contribution in [-0.4, -0.2) is 32.8 Å². The number of aromatic nitrogens is 3. The summed E-state index contributed by atoms with van der Waals surface area (Å²) in [6.45, 7) is 2.30. The lowest BCUT2D eigenvalue weighted by molar-refractivity contribution is 0.317. The molecule has 0 spiro atoms. The predicted molar refractivity (Wildman–Crippen MR) is 103 cm³/mol. The predicted octanol–water partition coefficient (Wildman–Crippen LogP) is 4.36. The zero-order chi connectivity index (χ0) is 17.8. The number of H-pyrrole nitrogens is 1. The molecule has 3 rings (SSSR count). The minimum atomic E-state index is 0.0186. The molecule has 2 N–H and O–H groups in total. The van der Waals surface area contributed by atoms with Gasteiger partial charge in [0.15, 0.2) is 17.3 Å². The van der Waals surface area contributed by atoms with E-state index in [0.717, 1.165) is 10.0 Å². The number of aromatic amines is 1. The molecular weight excluding hydrogens is 404 g/mol. The van der Waals surface area contributed by atoms with Gasteiger partial charge in [-0.2, -0.15) is 14.9 Å². The van der Waals surface area contributed by atoms with Gasteiger partial charge in [0.2, 0.25) is 4.77 Å². The van der Waals surface area contributed by atoms with Crippen LogP contribution in [0.5, 0.6) is 11.5 Å². The maximum Gasteiger partial charge on any atom is 0.216 e. The van der Waals surface area contributed by atoms with Crippen molar-refractivity contribution in [3.63, 3.8) is 0 Å². The smallest absolute Gasteiger partial charge is 0.216 e. The second-order valence-electron chi connectivity index (χ2n) is 5.05. The number of halogens is 1. The second-order valence-corrected chi connectivity index (χ2v) is 6.35. The maximum atomic E-state index is 10.3. The summed E-state index contributed by atoms with van der Waals surface area (Å²) < 4.78 is 8.06. The van der Waals surface area contributed by atoms with E-state index in [4.69, 9.17) is 17.0 Å². The lowest BCUT2D eigenvalue weighted by Gasteiger charge is -2.08. The van der Waals surface area contributed by atoms with Gasteiger partial charge in [-0.15, -0.1) is 0 Å². The first-order valence-electron chi connectivity index (χ1n) is 7.52. The second kappa shape index (κ2) is 7.62. The summed E-state index contributed by atoms with van der Waals surface area (Å²) >= 11 is 8.65. The molecule has 1 aromatic heterocycles. The summed E-state index contributed by atoms with van der Waals surface area (Å²) in [5.41, 5.74) is 1.38. The molecule has 0 bridgehead atoms. The Morgan fingerprint density at radius 1 is 1.36 bits per heavy atom. The third kappa shape index (κ3) is 3.80. The van der Waals surface area contributed by atoms with Gasteiger partial charge in [0.25, 0.3) is 0 Å². The number of benzene rings is 2. The highest BCUT2D eigenvalue weighted by Gasteiger charge is 2.11. The van der Waals surface area contributed by atoms with E-state index in [-0.39, 0.29) is 5.75 Å². The number of phenolic OH excluding ortho intramolecular Hbond substituents is 1. The van der Waals surface area contributed by atoms with Crippen LogP contribution in [0.15, 0.2) is 52.0 Å². The lowest BCUT2D eigenvalue weighted by atomic mass is 10.2. The Balaban J connectivity index is 2.02. The molecule has 25 heavy (non-hydrogen) atoms. The number of nitrogens with zero attached hydrogens (tertiary/aromatic N) is 3. The summed E-state index contributed by atoms with van der Waals surface area (Å²) in [4.78, 5) is 0. The molecule has 3 aromatic rings. The summed E-state index contributed by atoms with van der Waals surface area (Å²) in [6, 6.07) is 13.0. The molecule has 1 heterocycles. The molecule has 0 aliphatic heterocycles. The third-order valence-electron chi connectivity index (χ3n) is 3.36. The monoisotopic (exact) mass is 418 g/mol. The highest BCUT2D eigenvalue weighted by molar-refractivity contribution is 9.10. The fourth-order valence-electron chi connectivity index (χ4n) is 2.25. The van der Waals surface area contributed by atoms with Gasteiger partial charge in [-0.05, 0) is 31.3 Å². The molecule has 0 aliphatic rings. The van der Waals surface area contributed by atoms with Crippen molar-refractivity contribution >= 4 is 34.4 Å². The standard InChI is InChI=1S/C17H15BrN4O2S/c1-2-24-14-9-13(18)8-12(15(14)23)10-19-22-16(20-21-17(22)25)11-6-4-3-5-7-11/h3-10,23H,2H2,1H3,(H,21,25). The first-order chi connectivity index (χ1) is 12.1. The van der Waals surface area contributed by atoms with Gasteiger partial charge in [-0.3, -0.25) is 0 Å². The van der Waals surface area contributed by atoms with E-state index in [1.807, 2.05) is 37.3 Å². The van der Waals surface area contributed by atoms with Gasteiger partial charge < -0.3 is 9.84 Å². The van der Waals surface area contributed by atoms with E-state index in [2.05, 4.69) is 31.2 Å². The molecule has 0 fully saturated rings. The van der Waals surface area contributed by atoms with Crippen molar-refractivity contribution in [3.05, 3.63) is 57.3 Å². The van der Waals surface area contributed by atoms with E-state index < -0.39 is 0 Å². The van der Waals surface area contributed by atoms with Crippen molar-refractivity contribution in [3.8, 4) is 22.9 Å². The minimum absolute atomic E-state index is 0.0186. The van der Waals surface area contributed by atoms with Gasteiger partial charge in [0.1, 0.15) is 0 Å². The molecule has 0 radical (unpaired) electrons. The van der Waals surface area contributed by atoms with Crippen molar-refractivity contribution < 1.29 is 9.84 Å². The molecule has 0 saturated carbocycles. The first-order valence-corrected chi connectivity index (χ1v) is 8.72. The van der Waals surface area contributed by atoms with Gasteiger partial charge >= 0.3 is 0 Å². The van der Waals surface area contributed by atoms with Crippen LogP contribution >= 0.6 is 28.1 Å². The summed E-state index contributed by atoms with van der Waals surface area (Å²) in [7, 11) is 0. The van der Waals surface area contributed by atoms with Gasteiger partial charge in [0.05, 0.1) is 12.8 Å². The Labute approximate surface area is 157 Å². The van der Waals surface area contributed by atoms with Gasteiger partial charge in [-0.25, -0.2) is 5.10 Å². The number of hydrogen-bond acceptors (Lipinski definition) is 5. The van der Waals surface area contributed by atoms with E-state index in [1.54, 1.807) is 12.1 Å². The van der Waals surface area contributed by atoms with Crippen LogP contribution in [0.1, 0.15) is 12.5 Å². The Hall–Kier alpha value is -2.45. The van der Waals surface area contributed by atoms with E-state index >= 15 is 0 Å². The van der Waals surface area contributed by atoms with E-state index in [1.165, 1.54) is 10.9 Å². The average molecular weight is 419 g/mol. The van der Waals surface area contributed by atoms with Crippen molar-refractivity contribution in [1.82, 2.24) is 14.9 Å². The Kier molecular flexibility index (Phi) is 5.30. The topological polar surface area (TPSA) is 75.4 Å². The highest BCUT2D eigenvalue weighted by Crippen LogP contribution is 2.33. The number of nitrogens with one attached hydrogen (secondary N) is 1. The van der Waals surface area contributed by atoms with Crippen molar-refractivity contribution in [2.45, 2.75) is 6.92 Å². The Morgan fingerprint density at radius 3 is 2.84 bits per heavy atom. The molecule has 128 valence electrons. The number of phenols is 1. The zero-order valence-electron chi connectivity index (χ0n) is 13.3. The average Bonchev–Trinajstić information content (AvgIpc) is 2.98. The summed E-state index contributed by atoms with van der Waals surface area (Å²) in [6.07, 6.45) is 1.51. The molecule has 0 unspecified atom stereocenters. The largest absolute Gasteiger partial charge is 0.504 e. The summed E-state index contributed by atoms with van der Waals surface area (Å²) in [5, 5.41) is 21.7. The Bertz CT molecular complexity index is 967. The van der Waals surface area contributed by atoms with E-state index in [9.17, 15) is 5.11 Å². The number of rotatable bonds is 5. The van der Waals surface area contributed by atoms with Crippen molar-refractivity contribution in [1.29, 1.82) is 0 Å². The maximum absolute atomic E-state index is 10.3. The minimum Gasteiger partial charge on any atom is -0.504 e. The quantitative estimate of drug-likeness (QED) is 0.476. The highest BCUT2D eigenvalue weighted by atomic mass is 79.9. The first kappa shape index (κ1) is 17.4. The van der Waals surface area contributed by atoms with Crippen LogP contribution in [0.3, 0.4) is 0 Å². The molecule has 0 aliphatic carbocycles. The zero-order valence-corrected chi connectivity index (χ0v) is 15.7. The molecule has 0 saturated heterocycles. The molecule has 6 nitrogen and oxygen atoms in total. The van der Waals surface area contributed by atoms with Crippen LogP contribution in [0, 0.1) is 4.77 Å². The molecular formula is C17H15BrN4O2S. The molecule has 8 heteroatoms. The molecule has 2 aromatic carbocycles. The van der Waals surface area contributed by atoms with Crippen molar-refractivity contribution in [2.24, 2.45) is 5.10 Å². The fraction of sp³-hybridized carbons (Fsp3) is 0.118. The van der Waals surface area contributed by atoms with Crippen LogP contribution in [0.4, 0.5) is 0 Å². The number of ether oxygens (including phenoxy) is 1. The van der Waals surface area contributed by atoms with Crippen molar-refractivity contribution in [2.75, 3.05) is 6.61 Å². The number of aromatic hydroxyl groups is 1. The van der Waals surface area contributed by atoms with Gasteiger partial charge in [-0.1, -0.05) is 46.3 Å². The fourth-order valence-corrected chi connectivity index (χ4v) is 2.88. The van der Waals surface area contributed by atoms with Crippen LogP contribution in [0.2, 0.25) is 0 Å². The molecule has 0 atom stereocenters. The van der Waals surface area contributed by atoms with Crippen LogP contribution in [0.25, 0.3) is 11.4 Å². The van der Waals surface area contributed by atoms with Crippen LogP contribution in [-0.2, 0) is 0 Å². The normalized spacial score (nSPS) is 11.1. The Morgan fingerprint density at radius 2 is 2.12 bits per heavy atom. The van der Waals surface area contributed by atoms with Crippen LogP contribution < -0.4 is 4.74 Å². The lowest BCUT2D eigenvalue weighted by Crippen LogP contribution is -1.97. The van der Waals surface area contributed by atoms with E-state index in [0.29, 0.717) is 28.5 Å². The third-order valence-corrected chi connectivity index (χ3v) is 4.09. The van der Waals surface area contributed by atoms with Gasteiger partial charge in [0, 0.05) is 15.6 Å². The number of hydrogen-bond donors (Lipinski definition) is 2. The molecule has 0 amide bonds.